The highest BCUT2D eigenvalue weighted by molar-refractivity contribution is 5.85. The molecule has 2 N–H and O–H groups in total. The molecule has 112 valence electrons. The second kappa shape index (κ2) is 7.41. The third kappa shape index (κ3) is 3.94. The number of carbonyl (C=O) groups excluding carboxylic acids is 1. The molecular weight excluding hydrogens is 288 g/mol. The Labute approximate surface area is 130 Å². The minimum atomic E-state index is -0.232. The van der Waals surface area contributed by atoms with Gasteiger partial charge >= 0.3 is 0 Å². The van der Waals surface area contributed by atoms with Gasteiger partial charge in [-0.2, -0.15) is 0 Å². The van der Waals surface area contributed by atoms with Gasteiger partial charge in [0.15, 0.2) is 0 Å². The molecule has 1 aliphatic heterocycles. The number of hydrogen-bond donors (Lipinski definition) is 2. The highest BCUT2D eigenvalue weighted by atomic mass is 35.5. The second-order valence-electron chi connectivity index (χ2n) is 4.98. The molecule has 1 amide bonds. The van der Waals surface area contributed by atoms with Crippen LogP contribution in [0.25, 0.3) is 10.8 Å². The lowest BCUT2D eigenvalue weighted by Gasteiger charge is -2.22. The Bertz CT molecular complexity index is 612. The summed E-state index contributed by atoms with van der Waals surface area (Å²) in [5.74, 6) is -0.00198. The van der Waals surface area contributed by atoms with Gasteiger partial charge in [0.25, 0.3) is 0 Å². The highest BCUT2D eigenvalue weighted by Gasteiger charge is 2.20. The number of fused-ring (bicyclic) bond motifs is 1. The lowest BCUT2D eigenvalue weighted by atomic mass is 10.1. The molecule has 1 atom stereocenters. The third-order valence-corrected chi connectivity index (χ3v) is 3.52. The number of rotatable bonds is 3. The summed E-state index contributed by atoms with van der Waals surface area (Å²) in [6, 6.07) is 14.2. The Morgan fingerprint density at radius 2 is 2.05 bits per heavy atom. The van der Waals surface area contributed by atoms with E-state index in [1.54, 1.807) is 0 Å². The van der Waals surface area contributed by atoms with Crippen LogP contribution >= 0.6 is 12.4 Å². The van der Waals surface area contributed by atoms with Gasteiger partial charge in [0.05, 0.1) is 13.2 Å². The highest BCUT2D eigenvalue weighted by Crippen LogP contribution is 2.15. The number of carbonyl (C=O) groups is 1. The number of benzene rings is 2. The SMILES string of the molecule is Cl.O=C(NCc1ccc2ccccc2c1)C1COCCN1. The van der Waals surface area contributed by atoms with Gasteiger partial charge in [-0.15, -0.1) is 12.4 Å². The molecule has 3 rings (SSSR count). The number of halogens is 1. The quantitative estimate of drug-likeness (QED) is 0.910. The fourth-order valence-corrected chi connectivity index (χ4v) is 2.39. The monoisotopic (exact) mass is 306 g/mol. The Morgan fingerprint density at radius 1 is 1.24 bits per heavy atom. The van der Waals surface area contributed by atoms with Gasteiger partial charge < -0.3 is 15.4 Å². The maximum absolute atomic E-state index is 12.0. The Morgan fingerprint density at radius 3 is 2.81 bits per heavy atom. The van der Waals surface area contributed by atoms with Crippen LogP contribution in [-0.4, -0.2) is 31.7 Å². The first-order chi connectivity index (χ1) is 9.83. The lowest BCUT2D eigenvalue weighted by molar-refractivity contribution is -0.126. The van der Waals surface area contributed by atoms with Crippen LogP contribution in [0.3, 0.4) is 0 Å². The van der Waals surface area contributed by atoms with Gasteiger partial charge in [0, 0.05) is 13.1 Å². The average molecular weight is 307 g/mol. The predicted molar refractivity (Wildman–Crippen MR) is 85.7 cm³/mol. The van der Waals surface area contributed by atoms with Gasteiger partial charge in [-0.1, -0.05) is 36.4 Å². The Balaban J connectivity index is 0.00000161. The zero-order chi connectivity index (χ0) is 13.8. The first-order valence-electron chi connectivity index (χ1n) is 6.89. The normalized spacial score (nSPS) is 18.0. The molecule has 0 bridgehead atoms. The van der Waals surface area contributed by atoms with Crippen molar-refractivity contribution >= 4 is 29.1 Å². The molecule has 1 fully saturated rings. The maximum atomic E-state index is 12.0. The molecule has 0 spiro atoms. The predicted octanol–water partition coefficient (Wildman–Crippen LogP) is 1.87. The van der Waals surface area contributed by atoms with Crippen LogP contribution in [0.2, 0.25) is 0 Å². The lowest BCUT2D eigenvalue weighted by Crippen LogP contribution is -2.51. The van der Waals surface area contributed by atoms with Crippen molar-refractivity contribution in [2.24, 2.45) is 0 Å². The van der Waals surface area contributed by atoms with Crippen molar-refractivity contribution in [2.45, 2.75) is 12.6 Å². The maximum Gasteiger partial charge on any atom is 0.239 e. The van der Waals surface area contributed by atoms with Gasteiger partial charge in [-0.3, -0.25) is 4.79 Å². The summed E-state index contributed by atoms with van der Waals surface area (Å²) in [5, 5.41) is 8.51. The van der Waals surface area contributed by atoms with Gasteiger partial charge in [0.2, 0.25) is 5.91 Å². The summed E-state index contributed by atoms with van der Waals surface area (Å²) < 4.78 is 5.29. The molecule has 1 unspecified atom stereocenters. The van der Waals surface area contributed by atoms with Crippen molar-refractivity contribution in [3.8, 4) is 0 Å². The van der Waals surface area contributed by atoms with E-state index >= 15 is 0 Å². The fraction of sp³-hybridized carbons (Fsp3) is 0.312. The zero-order valence-electron chi connectivity index (χ0n) is 11.7. The minimum absolute atomic E-state index is 0. The molecule has 0 aliphatic carbocycles. The van der Waals surface area contributed by atoms with Crippen LogP contribution in [0.1, 0.15) is 5.56 Å². The van der Waals surface area contributed by atoms with Crippen molar-refractivity contribution in [1.29, 1.82) is 0 Å². The van der Waals surface area contributed by atoms with E-state index in [0.717, 1.165) is 12.1 Å². The summed E-state index contributed by atoms with van der Waals surface area (Å²) in [6.07, 6.45) is 0. The Hall–Kier alpha value is -1.62. The van der Waals surface area contributed by atoms with Crippen molar-refractivity contribution in [1.82, 2.24) is 10.6 Å². The smallest absolute Gasteiger partial charge is 0.239 e. The number of hydrogen-bond acceptors (Lipinski definition) is 3. The molecule has 2 aromatic rings. The first kappa shape index (κ1) is 15.8. The molecule has 4 nitrogen and oxygen atoms in total. The molecule has 0 radical (unpaired) electrons. The number of morpholine rings is 1. The zero-order valence-corrected chi connectivity index (χ0v) is 12.5. The standard InChI is InChI=1S/C16H18N2O2.ClH/c19-16(15-11-20-8-7-17-15)18-10-12-5-6-13-3-1-2-4-14(13)9-12;/h1-6,9,15,17H,7-8,10-11H2,(H,18,19);1H. The molecule has 21 heavy (non-hydrogen) atoms. The number of amides is 1. The molecule has 1 heterocycles. The largest absolute Gasteiger partial charge is 0.378 e. The topological polar surface area (TPSA) is 50.4 Å². The van der Waals surface area contributed by atoms with Crippen molar-refractivity contribution in [2.75, 3.05) is 19.8 Å². The molecule has 1 aliphatic rings. The summed E-state index contributed by atoms with van der Waals surface area (Å²) >= 11 is 0. The summed E-state index contributed by atoms with van der Waals surface area (Å²) in [5.41, 5.74) is 1.11. The number of nitrogens with one attached hydrogen (secondary N) is 2. The Kier molecular flexibility index (Phi) is 5.56. The molecule has 1 saturated heterocycles. The fourth-order valence-electron chi connectivity index (χ4n) is 2.39. The summed E-state index contributed by atoms with van der Waals surface area (Å²) in [7, 11) is 0. The molecular formula is C16H19ClN2O2. The van der Waals surface area contributed by atoms with Gasteiger partial charge in [-0.25, -0.2) is 0 Å². The van der Waals surface area contributed by atoms with Crippen molar-refractivity contribution in [3.05, 3.63) is 48.0 Å². The molecule has 0 aromatic heterocycles. The summed E-state index contributed by atoms with van der Waals surface area (Å²) in [6.45, 7) is 2.40. The van der Waals surface area contributed by atoms with Crippen LogP contribution in [0, 0.1) is 0 Å². The summed E-state index contributed by atoms with van der Waals surface area (Å²) in [4.78, 5) is 12.0. The second-order valence-corrected chi connectivity index (χ2v) is 4.98. The van der Waals surface area contributed by atoms with E-state index in [1.165, 1.54) is 10.8 Å². The molecule has 2 aromatic carbocycles. The van der Waals surface area contributed by atoms with Crippen LogP contribution in [0.15, 0.2) is 42.5 Å². The van der Waals surface area contributed by atoms with Crippen LogP contribution in [0.4, 0.5) is 0 Å². The van der Waals surface area contributed by atoms with Crippen molar-refractivity contribution < 1.29 is 9.53 Å². The van der Waals surface area contributed by atoms with Gasteiger partial charge in [0.1, 0.15) is 6.04 Å². The van der Waals surface area contributed by atoms with E-state index in [9.17, 15) is 4.79 Å². The van der Waals surface area contributed by atoms with E-state index < -0.39 is 0 Å². The van der Waals surface area contributed by atoms with Gasteiger partial charge in [-0.05, 0) is 22.4 Å². The molecule has 5 heteroatoms. The number of ether oxygens (including phenoxy) is 1. The van der Waals surface area contributed by atoms with E-state index in [2.05, 4.69) is 34.9 Å². The van der Waals surface area contributed by atoms with Crippen LogP contribution < -0.4 is 10.6 Å². The minimum Gasteiger partial charge on any atom is -0.378 e. The van der Waals surface area contributed by atoms with E-state index in [4.69, 9.17) is 4.74 Å². The first-order valence-corrected chi connectivity index (χ1v) is 6.89. The molecule has 0 saturated carbocycles. The van der Waals surface area contributed by atoms with E-state index in [0.29, 0.717) is 19.8 Å². The van der Waals surface area contributed by atoms with Crippen molar-refractivity contribution in [3.63, 3.8) is 0 Å². The van der Waals surface area contributed by atoms with E-state index in [-0.39, 0.29) is 24.4 Å². The van der Waals surface area contributed by atoms with E-state index in [1.807, 2.05) is 18.2 Å². The average Bonchev–Trinajstić information content (AvgIpc) is 2.53. The van der Waals surface area contributed by atoms with Crippen LogP contribution in [-0.2, 0) is 16.1 Å². The third-order valence-electron chi connectivity index (χ3n) is 3.52. The van der Waals surface area contributed by atoms with Crippen LogP contribution in [0.5, 0.6) is 0 Å².